The molecule has 0 rings (SSSR count). The lowest BCUT2D eigenvalue weighted by molar-refractivity contribution is -0.102. The van der Waals surface area contributed by atoms with Gasteiger partial charge in [-0.3, -0.25) is 14.8 Å². The Bertz CT molecular complexity index is 138. The van der Waals surface area contributed by atoms with Gasteiger partial charge in [-0.25, -0.2) is 0 Å². The summed E-state index contributed by atoms with van der Waals surface area (Å²) in [6, 6.07) is 0. The summed E-state index contributed by atoms with van der Waals surface area (Å²) in [6.07, 6.45) is 2.14. The van der Waals surface area contributed by atoms with Crippen molar-refractivity contribution in [2.45, 2.75) is 6.92 Å². The average Bonchev–Trinajstić information content (AvgIpc) is 1.91. The topological polar surface area (TPSA) is 41.8 Å². The first-order chi connectivity index (χ1) is 4.35. The van der Waals surface area contributed by atoms with Crippen LogP contribution in [0.2, 0.25) is 0 Å². The van der Waals surface area contributed by atoms with E-state index in [4.69, 9.17) is 0 Å². The summed E-state index contributed by atoms with van der Waals surface area (Å²) in [7, 11) is 1.56. The predicted molar refractivity (Wildman–Crippen MR) is 38.5 cm³/mol. The van der Waals surface area contributed by atoms with Crippen LogP contribution in [0.25, 0.3) is 0 Å². The highest BCUT2D eigenvalue weighted by molar-refractivity contribution is 6.54. The number of aliphatic imine (C=N–C) groups is 2. The van der Waals surface area contributed by atoms with Crippen molar-refractivity contribution in [1.29, 1.82) is 0 Å². The maximum Gasteiger partial charge on any atom is 0.169 e. The van der Waals surface area contributed by atoms with Crippen LogP contribution in [0.4, 0.5) is 0 Å². The molecule has 0 saturated heterocycles. The van der Waals surface area contributed by atoms with Crippen molar-refractivity contribution in [2.24, 2.45) is 9.98 Å². The number of nitrogens with zero attached hydrogens (tertiary/aromatic N) is 2. The maximum absolute atomic E-state index is 10.0. The fourth-order valence-corrected chi connectivity index (χ4v) is 0.326. The molecule has 0 aromatic rings. The number of rotatable bonds is 3. The Morgan fingerprint density at radius 3 is 2.67 bits per heavy atom. The SMILES string of the molecule is CCN=CC(C=O)=NC. The molecule has 0 saturated carbocycles. The molecule has 0 atom stereocenters. The van der Waals surface area contributed by atoms with Gasteiger partial charge in [0, 0.05) is 19.8 Å². The molecule has 0 heterocycles. The zero-order valence-electron chi connectivity index (χ0n) is 5.66. The van der Waals surface area contributed by atoms with Gasteiger partial charge >= 0.3 is 0 Å². The molecule has 0 aromatic carbocycles. The molecule has 0 unspecified atom stereocenters. The van der Waals surface area contributed by atoms with E-state index in [0.29, 0.717) is 18.5 Å². The molecule has 0 aliphatic heterocycles. The summed E-state index contributed by atoms with van der Waals surface area (Å²) in [5, 5.41) is 0. The van der Waals surface area contributed by atoms with Crippen LogP contribution in [0, 0.1) is 0 Å². The van der Waals surface area contributed by atoms with Crippen molar-refractivity contribution in [3.05, 3.63) is 0 Å². The fraction of sp³-hybridized carbons (Fsp3) is 0.500. The highest BCUT2D eigenvalue weighted by atomic mass is 16.1. The van der Waals surface area contributed by atoms with Crippen molar-refractivity contribution >= 4 is 18.2 Å². The standard InChI is InChI=1S/C6H10N2O/c1-3-8-4-6(5-9)7-2/h4-5H,3H2,1-2H3. The van der Waals surface area contributed by atoms with E-state index in [1.165, 1.54) is 6.21 Å². The Morgan fingerprint density at radius 2 is 2.33 bits per heavy atom. The van der Waals surface area contributed by atoms with Crippen LogP contribution < -0.4 is 0 Å². The third kappa shape index (κ3) is 3.58. The van der Waals surface area contributed by atoms with Gasteiger partial charge in [-0.1, -0.05) is 0 Å². The quantitative estimate of drug-likeness (QED) is 0.397. The van der Waals surface area contributed by atoms with Gasteiger partial charge in [0.05, 0.1) is 0 Å². The van der Waals surface area contributed by atoms with Crippen molar-refractivity contribution in [3.8, 4) is 0 Å². The van der Waals surface area contributed by atoms with Gasteiger partial charge in [0.2, 0.25) is 0 Å². The molecule has 0 aromatic heterocycles. The summed E-state index contributed by atoms with van der Waals surface area (Å²) in [4.78, 5) is 17.5. The molecule has 0 amide bonds. The Balaban J connectivity index is 3.84. The lowest BCUT2D eigenvalue weighted by Crippen LogP contribution is -2.00. The van der Waals surface area contributed by atoms with Crippen molar-refractivity contribution in [2.75, 3.05) is 13.6 Å². The summed E-state index contributed by atoms with van der Waals surface area (Å²) in [6.45, 7) is 2.58. The van der Waals surface area contributed by atoms with Crippen LogP contribution in [-0.4, -0.2) is 31.8 Å². The Kier molecular flexibility index (Phi) is 4.59. The highest BCUT2D eigenvalue weighted by Gasteiger charge is 1.84. The molecule has 0 N–H and O–H groups in total. The molecule has 0 aliphatic carbocycles. The third-order valence-electron chi connectivity index (χ3n) is 0.785. The van der Waals surface area contributed by atoms with Crippen LogP contribution in [-0.2, 0) is 4.79 Å². The minimum Gasteiger partial charge on any atom is -0.296 e. The van der Waals surface area contributed by atoms with Crippen LogP contribution in [0.15, 0.2) is 9.98 Å². The van der Waals surface area contributed by atoms with Gasteiger partial charge in [-0.05, 0) is 6.92 Å². The van der Waals surface area contributed by atoms with E-state index in [1.807, 2.05) is 6.92 Å². The molecule has 0 bridgehead atoms. The van der Waals surface area contributed by atoms with Crippen LogP contribution in [0.5, 0.6) is 0 Å². The second kappa shape index (κ2) is 5.15. The fourth-order valence-electron chi connectivity index (χ4n) is 0.326. The zero-order chi connectivity index (χ0) is 7.11. The second-order valence-electron chi connectivity index (χ2n) is 1.39. The van der Waals surface area contributed by atoms with Gasteiger partial charge in [0.15, 0.2) is 6.29 Å². The first kappa shape index (κ1) is 8.01. The first-order valence-electron chi connectivity index (χ1n) is 2.77. The molecule has 50 valence electrons. The summed E-state index contributed by atoms with van der Waals surface area (Å²) < 4.78 is 0. The number of aldehydes is 1. The molecule has 0 fully saturated rings. The summed E-state index contributed by atoms with van der Waals surface area (Å²) in [5.41, 5.74) is 0.386. The predicted octanol–water partition coefficient (Wildman–Crippen LogP) is 0.347. The molecule has 3 heteroatoms. The summed E-state index contributed by atoms with van der Waals surface area (Å²) >= 11 is 0. The first-order valence-corrected chi connectivity index (χ1v) is 2.77. The van der Waals surface area contributed by atoms with E-state index in [1.54, 1.807) is 7.05 Å². The number of carbonyl (C=O) groups excluding carboxylic acids is 1. The minimum absolute atomic E-state index is 0.386. The van der Waals surface area contributed by atoms with E-state index >= 15 is 0 Å². The highest BCUT2D eigenvalue weighted by Crippen LogP contribution is 1.68. The second-order valence-corrected chi connectivity index (χ2v) is 1.39. The van der Waals surface area contributed by atoms with Gasteiger partial charge in [0.1, 0.15) is 5.71 Å². The van der Waals surface area contributed by atoms with Gasteiger partial charge in [-0.15, -0.1) is 0 Å². The molecule has 0 aliphatic rings. The Hall–Kier alpha value is -0.990. The van der Waals surface area contributed by atoms with Crippen LogP contribution in [0.3, 0.4) is 0 Å². The Morgan fingerprint density at radius 1 is 1.67 bits per heavy atom. The number of hydrogen-bond acceptors (Lipinski definition) is 3. The lowest BCUT2D eigenvalue weighted by atomic mass is 10.4. The van der Waals surface area contributed by atoms with Crippen molar-refractivity contribution in [3.63, 3.8) is 0 Å². The smallest absolute Gasteiger partial charge is 0.169 e. The van der Waals surface area contributed by atoms with Gasteiger partial charge < -0.3 is 0 Å². The van der Waals surface area contributed by atoms with Crippen LogP contribution in [0.1, 0.15) is 6.92 Å². The largest absolute Gasteiger partial charge is 0.296 e. The average molecular weight is 126 g/mol. The molecule has 0 radical (unpaired) electrons. The zero-order valence-corrected chi connectivity index (χ0v) is 5.66. The van der Waals surface area contributed by atoms with Crippen molar-refractivity contribution in [1.82, 2.24) is 0 Å². The van der Waals surface area contributed by atoms with Crippen LogP contribution >= 0.6 is 0 Å². The van der Waals surface area contributed by atoms with E-state index in [-0.39, 0.29) is 0 Å². The summed E-state index contributed by atoms with van der Waals surface area (Å²) in [5.74, 6) is 0. The molecule has 3 nitrogen and oxygen atoms in total. The van der Waals surface area contributed by atoms with Crippen molar-refractivity contribution < 1.29 is 4.79 Å². The maximum atomic E-state index is 10.0. The number of carbonyl (C=O) groups is 1. The third-order valence-corrected chi connectivity index (χ3v) is 0.785. The monoisotopic (exact) mass is 126 g/mol. The lowest BCUT2D eigenvalue weighted by Gasteiger charge is -1.82. The normalized spacial score (nSPS) is 12.4. The van der Waals surface area contributed by atoms with E-state index in [0.717, 1.165) is 0 Å². The Labute approximate surface area is 54.5 Å². The molecule has 9 heavy (non-hydrogen) atoms. The molecule has 0 spiro atoms. The molecular formula is C6H10N2O. The number of hydrogen-bond donors (Lipinski definition) is 0. The van der Waals surface area contributed by atoms with E-state index in [2.05, 4.69) is 9.98 Å². The minimum atomic E-state index is 0.386. The van der Waals surface area contributed by atoms with Gasteiger partial charge in [0.25, 0.3) is 0 Å². The van der Waals surface area contributed by atoms with E-state index < -0.39 is 0 Å². The van der Waals surface area contributed by atoms with Gasteiger partial charge in [-0.2, -0.15) is 0 Å². The van der Waals surface area contributed by atoms with E-state index in [9.17, 15) is 4.79 Å². The molecular weight excluding hydrogens is 116 g/mol.